The second-order valence-electron chi connectivity index (χ2n) is 3.58. The monoisotopic (exact) mass is 217 g/mol. The van der Waals surface area contributed by atoms with E-state index in [1.54, 1.807) is 7.11 Å². The minimum atomic E-state index is 0.631. The van der Waals surface area contributed by atoms with Gasteiger partial charge >= 0.3 is 0 Å². The third-order valence-electron chi connectivity index (χ3n) is 2.56. The number of hydrogen-bond donors (Lipinski definition) is 0. The maximum Gasteiger partial charge on any atom is 0.230 e. The zero-order chi connectivity index (χ0) is 11.5. The summed E-state index contributed by atoms with van der Waals surface area (Å²) in [5, 5.41) is 0. The normalized spacial score (nSPS) is 10.4. The predicted octanol–water partition coefficient (Wildman–Crippen LogP) is 3.22. The Morgan fingerprint density at radius 1 is 1.31 bits per heavy atom. The number of para-hydroxylation sites is 1. The van der Waals surface area contributed by atoms with E-state index in [0.717, 1.165) is 29.2 Å². The fraction of sp³-hybridized carbons (Fsp3) is 0.308. The highest BCUT2D eigenvalue weighted by atomic mass is 16.5. The highest BCUT2D eigenvalue weighted by Crippen LogP contribution is 2.30. The van der Waals surface area contributed by atoms with E-state index < -0.39 is 0 Å². The van der Waals surface area contributed by atoms with Crippen LogP contribution in [0.2, 0.25) is 0 Å². The molecule has 1 aromatic heterocycles. The van der Waals surface area contributed by atoms with Crippen molar-refractivity contribution in [3.63, 3.8) is 0 Å². The number of hydrogen-bond acceptors (Lipinski definition) is 3. The van der Waals surface area contributed by atoms with Crippen LogP contribution >= 0.6 is 0 Å². The van der Waals surface area contributed by atoms with Gasteiger partial charge in [-0.15, -0.1) is 0 Å². The van der Waals surface area contributed by atoms with Gasteiger partial charge in [-0.1, -0.05) is 19.1 Å². The van der Waals surface area contributed by atoms with Crippen molar-refractivity contribution in [1.29, 1.82) is 0 Å². The predicted molar refractivity (Wildman–Crippen MR) is 62.6 cm³/mol. The largest absolute Gasteiger partial charge is 0.496 e. The molecule has 0 aliphatic rings. The Morgan fingerprint density at radius 2 is 2.06 bits per heavy atom. The molecular weight excluding hydrogens is 202 g/mol. The molecule has 0 bridgehead atoms. The Bertz CT molecular complexity index is 488. The van der Waals surface area contributed by atoms with Gasteiger partial charge in [0.1, 0.15) is 11.5 Å². The molecule has 2 aromatic rings. The van der Waals surface area contributed by atoms with Crippen molar-refractivity contribution >= 4 is 0 Å². The molecule has 0 unspecified atom stereocenters. The zero-order valence-corrected chi connectivity index (χ0v) is 9.78. The minimum absolute atomic E-state index is 0.631. The first-order chi connectivity index (χ1) is 7.76. The van der Waals surface area contributed by atoms with Gasteiger partial charge in [0.25, 0.3) is 0 Å². The Kier molecular flexibility index (Phi) is 2.95. The molecule has 0 spiro atoms. The van der Waals surface area contributed by atoms with E-state index in [1.165, 1.54) is 0 Å². The number of methoxy groups -OCH3 is 1. The lowest BCUT2D eigenvalue weighted by atomic mass is 10.2. The lowest BCUT2D eigenvalue weighted by Crippen LogP contribution is -1.88. The van der Waals surface area contributed by atoms with E-state index in [4.69, 9.17) is 9.15 Å². The number of aromatic nitrogens is 1. The van der Waals surface area contributed by atoms with Gasteiger partial charge in [0, 0.05) is 0 Å². The molecule has 0 aliphatic heterocycles. The van der Waals surface area contributed by atoms with E-state index in [9.17, 15) is 0 Å². The third kappa shape index (κ3) is 1.81. The van der Waals surface area contributed by atoms with Gasteiger partial charge in [0.15, 0.2) is 0 Å². The summed E-state index contributed by atoms with van der Waals surface area (Å²) in [6, 6.07) is 7.73. The van der Waals surface area contributed by atoms with Crippen molar-refractivity contribution in [2.24, 2.45) is 0 Å². The molecule has 0 radical (unpaired) electrons. The van der Waals surface area contributed by atoms with Gasteiger partial charge in [-0.2, -0.15) is 0 Å². The van der Waals surface area contributed by atoms with Gasteiger partial charge in [-0.25, -0.2) is 4.98 Å². The molecule has 0 amide bonds. The first kappa shape index (κ1) is 10.7. The Labute approximate surface area is 95.1 Å². The number of nitrogens with zero attached hydrogens (tertiary/aromatic N) is 1. The van der Waals surface area contributed by atoms with Crippen LogP contribution in [0.1, 0.15) is 18.4 Å². The number of benzene rings is 1. The van der Waals surface area contributed by atoms with Gasteiger partial charge in [0.2, 0.25) is 5.89 Å². The summed E-state index contributed by atoms with van der Waals surface area (Å²) in [7, 11) is 1.65. The molecule has 2 rings (SSSR count). The smallest absolute Gasteiger partial charge is 0.230 e. The summed E-state index contributed by atoms with van der Waals surface area (Å²) < 4.78 is 10.9. The Balaban J connectivity index is 2.49. The Morgan fingerprint density at radius 3 is 2.69 bits per heavy atom. The lowest BCUT2D eigenvalue weighted by Gasteiger charge is -2.03. The molecule has 1 aromatic carbocycles. The average Bonchev–Trinajstić information content (AvgIpc) is 2.70. The van der Waals surface area contributed by atoms with E-state index in [0.29, 0.717) is 5.89 Å². The van der Waals surface area contributed by atoms with Crippen molar-refractivity contribution in [2.45, 2.75) is 20.3 Å². The van der Waals surface area contributed by atoms with E-state index in [2.05, 4.69) is 11.9 Å². The third-order valence-corrected chi connectivity index (χ3v) is 2.56. The summed E-state index contributed by atoms with van der Waals surface area (Å²) in [5.41, 5.74) is 1.90. The summed E-state index contributed by atoms with van der Waals surface area (Å²) in [6.45, 7) is 4.00. The molecule has 3 heteroatoms. The van der Waals surface area contributed by atoms with Crippen LogP contribution < -0.4 is 4.74 Å². The van der Waals surface area contributed by atoms with E-state index >= 15 is 0 Å². The molecule has 0 atom stereocenters. The van der Waals surface area contributed by atoms with Gasteiger partial charge in [0.05, 0.1) is 18.4 Å². The maximum absolute atomic E-state index is 5.64. The molecule has 1 heterocycles. The molecule has 0 fully saturated rings. The van der Waals surface area contributed by atoms with Gasteiger partial charge in [-0.05, 0) is 25.5 Å². The number of ether oxygens (including phenoxy) is 1. The van der Waals surface area contributed by atoms with Crippen LogP contribution in [-0.2, 0) is 6.42 Å². The molecular formula is C13H15NO2. The van der Waals surface area contributed by atoms with Gasteiger partial charge < -0.3 is 9.15 Å². The molecule has 0 aliphatic carbocycles. The molecule has 16 heavy (non-hydrogen) atoms. The van der Waals surface area contributed by atoms with Crippen molar-refractivity contribution in [3.05, 3.63) is 35.7 Å². The van der Waals surface area contributed by atoms with Crippen molar-refractivity contribution in [1.82, 2.24) is 4.98 Å². The van der Waals surface area contributed by atoms with Crippen LogP contribution in [0.3, 0.4) is 0 Å². The molecule has 0 saturated heterocycles. The van der Waals surface area contributed by atoms with Crippen LogP contribution in [0.4, 0.5) is 0 Å². The van der Waals surface area contributed by atoms with Crippen LogP contribution in [-0.4, -0.2) is 12.1 Å². The fourth-order valence-electron chi connectivity index (χ4n) is 1.69. The standard InChI is InChI=1S/C13H15NO2/c1-4-11-9(2)16-13(14-11)10-7-5-6-8-12(10)15-3/h5-8H,4H2,1-3H3. The maximum atomic E-state index is 5.64. The first-order valence-corrected chi connectivity index (χ1v) is 5.36. The van der Waals surface area contributed by atoms with Crippen LogP contribution in [0, 0.1) is 6.92 Å². The number of oxazole rings is 1. The second kappa shape index (κ2) is 4.39. The average molecular weight is 217 g/mol. The van der Waals surface area contributed by atoms with Crippen molar-refractivity contribution in [2.75, 3.05) is 7.11 Å². The SMILES string of the molecule is CCc1nc(-c2ccccc2OC)oc1C. The fourth-order valence-corrected chi connectivity index (χ4v) is 1.69. The van der Waals surface area contributed by atoms with Gasteiger partial charge in [-0.3, -0.25) is 0 Å². The zero-order valence-electron chi connectivity index (χ0n) is 9.78. The summed E-state index contributed by atoms with van der Waals surface area (Å²) in [4.78, 5) is 4.46. The van der Waals surface area contributed by atoms with E-state index in [-0.39, 0.29) is 0 Å². The molecule has 0 N–H and O–H groups in total. The first-order valence-electron chi connectivity index (χ1n) is 5.36. The molecule has 0 saturated carbocycles. The number of aryl methyl sites for hydroxylation is 2. The molecule has 3 nitrogen and oxygen atoms in total. The number of rotatable bonds is 3. The topological polar surface area (TPSA) is 35.3 Å². The Hall–Kier alpha value is -1.77. The van der Waals surface area contributed by atoms with Crippen LogP contribution in [0.25, 0.3) is 11.5 Å². The van der Waals surface area contributed by atoms with Crippen LogP contribution in [0.15, 0.2) is 28.7 Å². The van der Waals surface area contributed by atoms with Crippen molar-refractivity contribution in [3.8, 4) is 17.2 Å². The quantitative estimate of drug-likeness (QED) is 0.791. The second-order valence-corrected chi connectivity index (χ2v) is 3.58. The van der Waals surface area contributed by atoms with Crippen LogP contribution in [0.5, 0.6) is 5.75 Å². The van der Waals surface area contributed by atoms with E-state index in [1.807, 2.05) is 31.2 Å². The highest BCUT2D eigenvalue weighted by molar-refractivity contribution is 5.62. The van der Waals surface area contributed by atoms with Crippen molar-refractivity contribution < 1.29 is 9.15 Å². The summed E-state index contributed by atoms with van der Waals surface area (Å²) >= 11 is 0. The minimum Gasteiger partial charge on any atom is -0.496 e. The summed E-state index contributed by atoms with van der Waals surface area (Å²) in [6.07, 6.45) is 0.879. The highest BCUT2D eigenvalue weighted by Gasteiger charge is 2.13. The lowest BCUT2D eigenvalue weighted by molar-refractivity contribution is 0.414. The molecule has 84 valence electrons. The summed E-state index contributed by atoms with van der Waals surface area (Å²) in [5.74, 6) is 2.29.